The van der Waals surface area contributed by atoms with E-state index in [1.165, 1.54) is 36.8 Å². The molecule has 0 amide bonds. The van der Waals surface area contributed by atoms with E-state index >= 15 is 0 Å². The average Bonchev–Trinajstić information content (AvgIpc) is 2.84. The largest absolute Gasteiger partial charge is 0.493 e. The molecule has 0 aromatic heterocycles. The predicted octanol–water partition coefficient (Wildman–Crippen LogP) is 5.12. The zero-order valence-electron chi connectivity index (χ0n) is 11.9. The molecular formula is C17H23ClO. The van der Waals surface area contributed by atoms with Gasteiger partial charge in [0.05, 0.1) is 12.0 Å². The molecule has 3 rings (SSSR count). The van der Waals surface area contributed by atoms with Gasteiger partial charge in [0.25, 0.3) is 0 Å². The molecule has 0 radical (unpaired) electrons. The Kier molecular flexibility index (Phi) is 3.51. The zero-order chi connectivity index (χ0) is 13.5. The van der Waals surface area contributed by atoms with Gasteiger partial charge in [-0.1, -0.05) is 38.8 Å². The van der Waals surface area contributed by atoms with Crippen molar-refractivity contribution in [2.45, 2.75) is 51.3 Å². The van der Waals surface area contributed by atoms with Crippen LogP contribution in [0.5, 0.6) is 5.75 Å². The van der Waals surface area contributed by atoms with Crippen LogP contribution in [0.25, 0.3) is 0 Å². The highest BCUT2D eigenvalue weighted by atomic mass is 35.5. The quantitative estimate of drug-likeness (QED) is 0.683. The van der Waals surface area contributed by atoms with Gasteiger partial charge in [-0.25, -0.2) is 0 Å². The number of hydrogen-bond donors (Lipinski definition) is 0. The van der Waals surface area contributed by atoms with Crippen molar-refractivity contribution in [2.24, 2.45) is 11.3 Å². The Labute approximate surface area is 121 Å². The second kappa shape index (κ2) is 5.01. The minimum atomic E-state index is 0.140. The summed E-state index contributed by atoms with van der Waals surface area (Å²) in [6.45, 7) is 5.58. The summed E-state index contributed by atoms with van der Waals surface area (Å²) < 4.78 is 5.58. The zero-order valence-corrected chi connectivity index (χ0v) is 12.7. The molecule has 1 aromatic rings. The second-order valence-corrected chi connectivity index (χ2v) is 7.18. The van der Waals surface area contributed by atoms with E-state index in [0.717, 1.165) is 18.8 Å². The molecule has 1 nitrogen and oxygen atoms in total. The van der Waals surface area contributed by atoms with Crippen LogP contribution < -0.4 is 4.74 Å². The van der Waals surface area contributed by atoms with Crippen LogP contribution in [-0.4, -0.2) is 6.61 Å². The Bertz CT molecular complexity index is 466. The summed E-state index contributed by atoms with van der Waals surface area (Å²) in [6.07, 6.45) is 6.26. The molecule has 2 atom stereocenters. The maximum absolute atomic E-state index is 6.83. The van der Waals surface area contributed by atoms with Crippen molar-refractivity contribution in [3.63, 3.8) is 0 Å². The third kappa shape index (κ3) is 2.50. The summed E-state index contributed by atoms with van der Waals surface area (Å²) in [5, 5.41) is 0.140. The maximum Gasteiger partial charge on any atom is 0.122 e. The molecule has 104 valence electrons. The lowest BCUT2D eigenvalue weighted by Crippen LogP contribution is -2.30. The van der Waals surface area contributed by atoms with Crippen molar-refractivity contribution < 1.29 is 4.74 Å². The third-order valence-electron chi connectivity index (χ3n) is 4.98. The highest BCUT2D eigenvalue weighted by Gasteiger charge is 2.37. The lowest BCUT2D eigenvalue weighted by atomic mass is 9.66. The van der Waals surface area contributed by atoms with Gasteiger partial charge >= 0.3 is 0 Å². The van der Waals surface area contributed by atoms with Crippen molar-refractivity contribution in [1.82, 2.24) is 0 Å². The topological polar surface area (TPSA) is 9.23 Å². The fourth-order valence-corrected chi connectivity index (χ4v) is 4.28. The summed E-state index contributed by atoms with van der Waals surface area (Å²) in [5.41, 5.74) is 2.97. The summed E-state index contributed by atoms with van der Waals surface area (Å²) >= 11 is 6.83. The summed E-state index contributed by atoms with van der Waals surface area (Å²) in [7, 11) is 0. The molecule has 0 spiro atoms. The van der Waals surface area contributed by atoms with Crippen LogP contribution in [0.15, 0.2) is 18.2 Å². The van der Waals surface area contributed by atoms with Gasteiger partial charge in [-0.2, -0.15) is 0 Å². The summed E-state index contributed by atoms with van der Waals surface area (Å²) in [5.74, 6) is 1.64. The molecule has 1 aliphatic heterocycles. The van der Waals surface area contributed by atoms with Crippen molar-refractivity contribution in [3.05, 3.63) is 29.3 Å². The van der Waals surface area contributed by atoms with Gasteiger partial charge in [0.15, 0.2) is 0 Å². The Morgan fingerprint density at radius 2 is 2.16 bits per heavy atom. The number of fused-ring (bicyclic) bond motifs is 1. The molecule has 1 fully saturated rings. The monoisotopic (exact) mass is 278 g/mol. The van der Waals surface area contributed by atoms with Crippen molar-refractivity contribution in [1.29, 1.82) is 0 Å². The minimum Gasteiger partial charge on any atom is -0.493 e. The molecule has 0 N–H and O–H groups in total. The lowest BCUT2D eigenvalue weighted by Gasteiger charge is -2.41. The van der Waals surface area contributed by atoms with Crippen molar-refractivity contribution in [2.75, 3.05) is 6.61 Å². The van der Waals surface area contributed by atoms with Crippen molar-refractivity contribution in [3.8, 4) is 5.75 Å². The molecule has 1 heterocycles. The van der Waals surface area contributed by atoms with Gasteiger partial charge < -0.3 is 4.74 Å². The van der Waals surface area contributed by atoms with E-state index in [1.807, 2.05) is 0 Å². The molecule has 2 aliphatic rings. The van der Waals surface area contributed by atoms with Gasteiger partial charge in [0.2, 0.25) is 0 Å². The van der Waals surface area contributed by atoms with Gasteiger partial charge in [-0.05, 0) is 41.4 Å². The molecule has 2 heteroatoms. The van der Waals surface area contributed by atoms with E-state index in [0.29, 0.717) is 11.3 Å². The van der Waals surface area contributed by atoms with Crippen LogP contribution >= 0.6 is 11.6 Å². The molecule has 0 bridgehead atoms. The average molecular weight is 279 g/mol. The first-order valence-corrected chi connectivity index (χ1v) is 7.91. The van der Waals surface area contributed by atoms with Gasteiger partial charge in [0.1, 0.15) is 5.75 Å². The van der Waals surface area contributed by atoms with E-state index < -0.39 is 0 Å². The molecule has 2 unspecified atom stereocenters. The Morgan fingerprint density at radius 1 is 1.32 bits per heavy atom. The lowest BCUT2D eigenvalue weighted by molar-refractivity contribution is 0.133. The molecule has 0 saturated heterocycles. The summed E-state index contributed by atoms with van der Waals surface area (Å²) in [4.78, 5) is 0. The standard InChI is InChI=1S/C17H23ClO/c1-17(2)9-4-3-5-14(17)16(18)13-6-7-15-12(11-13)8-10-19-15/h6-7,11,14,16H,3-5,8-10H2,1-2H3. The van der Waals surface area contributed by atoms with Gasteiger partial charge in [-0.3, -0.25) is 0 Å². The van der Waals surface area contributed by atoms with E-state index in [9.17, 15) is 0 Å². The number of ether oxygens (including phenoxy) is 1. The number of alkyl halides is 1. The number of benzene rings is 1. The van der Waals surface area contributed by atoms with Crippen LogP contribution in [-0.2, 0) is 6.42 Å². The Hall–Kier alpha value is -0.690. The van der Waals surface area contributed by atoms with Crippen LogP contribution in [0, 0.1) is 11.3 Å². The highest BCUT2D eigenvalue weighted by molar-refractivity contribution is 6.21. The Balaban J connectivity index is 1.85. The number of halogens is 1. The predicted molar refractivity (Wildman–Crippen MR) is 80.0 cm³/mol. The first-order valence-electron chi connectivity index (χ1n) is 7.48. The molecule has 1 saturated carbocycles. The van der Waals surface area contributed by atoms with E-state index in [4.69, 9.17) is 16.3 Å². The van der Waals surface area contributed by atoms with E-state index in [1.54, 1.807) is 0 Å². The van der Waals surface area contributed by atoms with Gasteiger partial charge in [-0.15, -0.1) is 11.6 Å². The highest BCUT2D eigenvalue weighted by Crippen LogP contribution is 2.49. The SMILES string of the molecule is CC1(C)CCCCC1C(Cl)c1ccc2c(c1)CCO2. The second-order valence-electron chi connectivity index (χ2n) is 6.71. The maximum atomic E-state index is 6.83. The minimum absolute atomic E-state index is 0.140. The molecule has 19 heavy (non-hydrogen) atoms. The summed E-state index contributed by atoms with van der Waals surface area (Å²) in [6, 6.07) is 6.53. The van der Waals surface area contributed by atoms with Gasteiger partial charge in [0, 0.05) is 6.42 Å². The van der Waals surface area contributed by atoms with Crippen LogP contribution in [0.2, 0.25) is 0 Å². The Morgan fingerprint density at radius 3 is 2.95 bits per heavy atom. The number of rotatable bonds is 2. The first kappa shape index (κ1) is 13.3. The van der Waals surface area contributed by atoms with Crippen molar-refractivity contribution >= 4 is 11.6 Å². The van der Waals surface area contributed by atoms with Crippen LogP contribution in [0.4, 0.5) is 0 Å². The number of hydrogen-bond acceptors (Lipinski definition) is 1. The van der Waals surface area contributed by atoms with Crippen LogP contribution in [0.3, 0.4) is 0 Å². The molecular weight excluding hydrogens is 256 g/mol. The fourth-order valence-electron chi connectivity index (χ4n) is 3.67. The fraction of sp³-hybridized carbons (Fsp3) is 0.647. The van der Waals surface area contributed by atoms with E-state index in [2.05, 4.69) is 32.0 Å². The smallest absolute Gasteiger partial charge is 0.122 e. The normalized spacial score (nSPS) is 26.6. The third-order valence-corrected chi connectivity index (χ3v) is 5.53. The molecule has 1 aliphatic carbocycles. The molecule has 1 aromatic carbocycles. The first-order chi connectivity index (χ1) is 9.08. The van der Waals surface area contributed by atoms with Crippen LogP contribution in [0.1, 0.15) is 56.0 Å². The van der Waals surface area contributed by atoms with E-state index in [-0.39, 0.29) is 5.38 Å².